The number of rotatable bonds is 4. The van der Waals surface area contributed by atoms with Crippen molar-refractivity contribution in [3.05, 3.63) is 70.1 Å². The molecule has 0 aliphatic carbocycles. The van der Waals surface area contributed by atoms with Gasteiger partial charge in [0.25, 0.3) is 0 Å². The Morgan fingerprint density at radius 3 is 2.67 bits per heavy atom. The number of benzene rings is 1. The van der Waals surface area contributed by atoms with Crippen LogP contribution in [-0.2, 0) is 6.54 Å². The van der Waals surface area contributed by atoms with Gasteiger partial charge < -0.3 is 10.3 Å². The Balaban J connectivity index is 2.20. The van der Waals surface area contributed by atoms with E-state index < -0.39 is 11.7 Å². The number of hydrogen-bond donors (Lipinski definition) is 1. The molecule has 24 heavy (non-hydrogen) atoms. The number of carbonyl (C=O) groups excluding carboxylic acids is 1. The van der Waals surface area contributed by atoms with Crippen LogP contribution in [0.5, 0.6) is 0 Å². The van der Waals surface area contributed by atoms with Crippen LogP contribution in [0.1, 0.15) is 27.4 Å². The summed E-state index contributed by atoms with van der Waals surface area (Å²) in [5.41, 5.74) is 7.18. The van der Waals surface area contributed by atoms with Gasteiger partial charge in [0.1, 0.15) is 0 Å². The molecule has 2 N–H and O–H groups in total. The zero-order chi connectivity index (χ0) is 17.3. The van der Waals surface area contributed by atoms with Gasteiger partial charge in [-0.15, -0.1) is 0 Å². The average Bonchev–Trinajstić information content (AvgIpc) is 2.95. The molecule has 2 heterocycles. The molecule has 3 aromatic rings. The normalized spacial score (nSPS) is 10.8. The van der Waals surface area contributed by atoms with Crippen LogP contribution < -0.4 is 5.73 Å². The van der Waals surface area contributed by atoms with E-state index in [-0.39, 0.29) is 12.1 Å². The van der Waals surface area contributed by atoms with Crippen molar-refractivity contribution in [3.63, 3.8) is 0 Å². The minimum atomic E-state index is -0.865. The first-order chi connectivity index (χ1) is 11.5. The number of pyridine rings is 1. The summed E-state index contributed by atoms with van der Waals surface area (Å²) in [7, 11) is 0. The summed E-state index contributed by atoms with van der Waals surface area (Å²) >= 11 is 5.83. The van der Waals surface area contributed by atoms with Gasteiger partial charge in [0, 0.05) is 27.9 Å². The number of ketones is 1. The van der Waals surface area contributed by atoms with E-state index in [0.29, 0.717) is 33.2 Å². The van der Waals surface area contributed by atoms with E-state index in [1.807, 2.05) is 0 Å². The third-order valence-electron chi connectivity index (χ3n) is 3.63. The summed E-state index contributed by atoms with van der Waals surface area (Å²) in [6.45, 7) is 1.78. The van der Waals surface area contributed by atoms with Crippen LogP contribution in [0.2, 0.25) is 5.02 Å². The van der Waals surface area contributed by atoms with Gasteiger partial charge in [-0.3, -0.25) is 4.79 Å². The summed E-state index contributed by atoms with van der Waals surface area (Å²) in [5, 5.41) is 4.34. The Hall–Kier alpha value is -2.57. The summed E-state index contributed by atoms with van der Waals surface area (Å²) in [6.07, 6.45) is 1.29. The standard InChI is InChI=1S/C17H13ClFN3O2/c1-9-14(13(8-20)24-22-9)12-6-7-21-17(19)15(12)16(23)10-2-4-11(18)5-3-10/h2-7H,8,20H2,1H3. The number of aromatic nitrogens is 2. The van der Waals surface area contributed by atoms with Crippen molar-refractivity contribution in [3.8, 4) is 11.1 Å². The molecule has 0 saturated carbocycles. The van der Waals surface area contributed by atoms with Gasteiger partial charge in [-0.2, -0.15) is 4.39 Å². The van der Waals surface area contributed by atoms with Crippen molar-refractivity contribution in [1.82, 2.24) is 10.1 Å². The minimum Gasteiger partial charge on any atom is -0.359 e. The fourth-order valence-corrected chi connectivity index (χ4v) is 2.63. The highest BCUT2D eigenvalue weighted by Crippen LogP contribution is 2.32. The van der Waals surface area contributed by atoms with E-state index in [1.165, 1.54) is 18.3 Å². The molecule has 0 aliphatic heterocycles. The lowest BCUT2D eigenvalue weighted by Crippen LogP contribution is -2.09. The number of nitrogens with zero attached hydrogens (tertiary/aromatic N) is 2. The lowest BCUT2D eigenvalue weighted by molar-refractivity contribution is 0.103. The molecule has 0 saturated heterocycles. The second kappa shape index (κ2) is 6.51. The van der Waals surface area contributed by atoms with Gasteiger partial charge in [-0.05, 0) is 37.3 Å². The van der Waals surface area contributed by atoms with Crippen molar-refractivity contribution < 1.29 is 13.7 Å². The van der Waals surface area contributed by atoms with Crippen molar-refractivity contribution in [2.45, 2.75) is 13.5 Å². The van der Waals surface area contributed by atoms with E-state index in [4.69, 9.17) is 21.9 Å². The Morgan fingerprint density at radius 1 is 1.29 bits per heavy atom. The van der Waals surface area contributed by atoms with Crippen molar-refractivity contribution in [1.29, 1.82) is 0 Å². The molecule has 0 unspecified atom stereocenters. The van der Waals surface area contributed by atoms with Crippen LogP contribution in [0.3, 0.4) is 0 Å². The monoisotopic (exact) mass is 345 g/mol. The molecule has 0 radical (unpaired) electrons. The fourth-order valence-electron chi connectivity index (χ4n) is 2.51. The molecular formula is C17H13ClFN3O2. The van der Waals surface area contributed by atoms with Gasteiger partial charge >= 0.3 is 0 Å². The molecule has 0 spiro atoms. The largest absolute Gasteiger partial charge is 0.359 e. The maximum absolute atomic E-state index is 14.4. The van der Waals surface area contributed by atoms with Crippen molar-refractivity contribution in [2.75, 3.05) is 0 Å². The first-order valence-electron chi connectivity index (χ1n) is 7.13. The maximum Gasteiger partial charge on any atom is 0.224 e. The highest BCUT2D eigenvalue weighted by Gasteiger charge is 2.25. The number of hydrogen-bond acceptors (Lipinski definition) is 5. The first-order valence-corrected chi connectivity index (χ1v) is 7.51. The average molecular weight is 346 g/mol. The van der Waals surface area contributed by atoms with Crippen molar-refractivity contribution >= 4 is 17.4 Å². The van der Waals surface area contributed by atoms with Crippen LogP contribution in [0, 0.1) is 12.9 Å². The predicted octanol–water partition coefficient (Wildman–Crippen LogP) is 3.53. The van der Waals surface area contributed by atoms with Gasteiger partial charge in [0.15, 0.2) is 11.5 Å². The van der Waals surface area contributed by atoms with Gasteiger partial charge in [0.05, 0.1) is 17.8 Å². The lowest BCUT2D eigenvalue weighted by atomic mass is 9.94. The van der Waals surface area contributed by atoms with Crippen LogP contribution in [0.15, 0.2) is 41.1 Å². The molecule has 0 atom stereocenters. The van der Waals surface area contributed by atoms with Crippen molar-refractivity contribution in [2.24, 2.45) is 5.73 Å². The third kappa shape index (κ3) is 2.81. The highest BCUT2D eigenvalue weighted by atomic mass is 35.5. The van der Waals surface area contributed by atoms with E-state index in [1.54, 1.807) is 25.1 Å². The van der Waals surface area contributed by atoms with E-state index in [0.717, 1.165) is 0 Å². The van der Waals surface area contributed by atoms with E-state index >= 15 is 0 Å². The first kappa shape index (κ1) is 16.3. The molecule has 0 aliphatic rings. The van der Waals surface area contributed by atoms with Crippen LogP contribution in [0.25, 0.3) is 11.1 Å². The topological polar surface area (TPSA) is 82.0 Å². The molecule has 3 rings (SSSR count). The van der Waals surface area contributed by atoms with E-state index in [2.05, 4.69) is 10.1 Å². The second-order valence-corrected chi connectivity index (χ2v) is 5.57. The minimum absolute atomic E-state index is 0.0781. The molecule has 0 amide bonds. The molecule has 0 fully saturated rings. The second-order valence-electron chi connectivity index (χ2n) is 5.13. The molecule has 7 heteroatoms. The SMILES string of the molecule is Cc1noc(CN)c1-c1ccnc(F)c1C(=O)c1ccc(Cl)cc1. The zero-order valence-electron chi connectivity index (χ0n) is 12.7. The smallest absolute Gasteiger partial charge is 0.224 e. The number of halogens is 2. The third-order valence-corrected chi connectivity index (χ3v) is 3.88. The Morgan fingerprint density at radius 2 is 2.00 bits per heavy atom. The number of aryl methyl sites for hydroxylation is 1. The molecule has 0 bridgehead atoms. The van der Waals surface area contributed by atoms with Gasteiger partial charge in [-0.25, -0.2) is 4.98 Å². The number of carbonyl (C=O) groups is 1. The van der Waals surface area contributed by atoms with E-state index in [9.17, 15) is 9.18 Å². The van der Waals surface area contributed by atoms with Gasteiger partial charge in [0.2, 0.25) is 5.95 Å². The Kier molecular flexibility index (Phi) is 4.42. The molecule has 122 valence electrons. The zero-order valence-corrected chi connectivity index (χ0v) is 13.5. The highest BCUT2D eigenvalue weighted by molar-refractivity contribution is 6.30. The summed E-state index contributed by atoms with van der Waals surface area (Å²) in [5.74, 6) is -0.991. The lowest BCUT2D eigenvalue weighted by Gasteiger charge is -2.09. The molecule has 5 nitrogen and oxygen atoms in total. The summed E-state index contributed by atoms with van der Waals surface area (Å²) in [6, 6.07) is 7.75. The maximum atomic E-state index is 14.4. The Labute approximate surface area is 142 Å². The van der Waals surface area contributed by atoms with Crippen LogP contribution >= 0.6 is 11.6 Å². The van der Waals surface area contributed by atoms with Crippen LogP contribution in [-0.4, -0.2) is 15.9 Å². The molecular weight excluding hydrogens is 333 g/mol. The molecule has 2 aromatic heterocycles. The quantitative estimate of drug-likeness (QED) is 0.578. The predicted molar refractivity (Wildman–Crippen MR) is 87.2 cm³/mol. The van der Waals surface area contributed by atoms with Gasteiger partial charge in [-0.1, -0.05) is 16.8 Å². The summed E-state index contributed by atoms with van der Waals surface area (Å²) in [4.78, 5) is 16.4. The molecule has 1 aromatic carbocycles. The Bertz CT molecular complexity index is 907. The van der Waals surface area contributed by atoms with Crippen LogP contribution in [0.4, 0.5) is 4.39 Å². The number of nitrogens with two attached hydrogens (primary N) is 1. The fraction of sp³-hybridized carbons (Fsp3) is 0.118. The summed E-state index contributed by atoms with van der Waals surface area (Å²) < 4.78 is 19.5.